The second kappa shape index (κ2) is 11.1. The standard InChI is InChI=1S/C20H17.2CH3.ClH.Si.Zr/c1-14(17-12-10-15-6-2-4-8-19(15)17)18-13-11-16-7-3-5-9-20(16)18;;;;;/h2-14,17-18H,1H2;2*1H3;1H;;/q3*-1;;;. The Morgan fingerprint density at radius 3 is 1.52 bits per heavy atom. The number of hydrogen-bond donors (Lipinski definition) is 0. The van der Waals surface area contributed by atoms with E-state index < -0.39 is 0 Å². The molecule has 0 spiro atoms. The third-order valence-corrected chi connectivity index (χ3v) is 4.60. The van der Waals surface area contributed by atoms with Crippen LogP contribution < -0.4 is 0 Å². The van der Waals surface area contributed by atoms with E-state index in [0.717, 1.165) is 0 Å². The maximum atomic E-state index is 4.50. The quantitative estimate of drug-likeness (QED) is 0.395. The maximum absolute atomic E-state index is 4.50. The van der Waals surface area contributed by atoms with Gasteiger partial charge in [-0.15, -0.1) is 18.3 Å². The van der Waals surface area contributed by atoms with Gasteiger partial charge in [0.1, 0.15) is 0 Å². The van der Waals surface area contributed by atoms with E-state index in [9.17, 15) is 0 Å². The van der Waals surface area contributed by atoms with Crippen LogP contribution in [0.25, 0.3) is 12.2 Å². The Labute approximate surface area is 176 Å². The summed E-state index contributed by atoms with van der Waals surface area (Å²) in [4.78, 5) is 0. The monoisotopic (exact) mass is 441 g/mol. The molecule has 2 unspecified atom stereocenters. The van der Waals surface area contributed by atoms with Gasteiger partial charge in [-0.05, 0) is 34.1 Å². The van der Waals surface area contributed by atoms with Crippen molar-refractivity contribution >= 4 is 31.4 Å². The molecule has 0 heterocycles. The molecule has 0 nitrogen and oxygen atoms in total. The van der Waals surface area contributed by atoms with E-state index in [1.807, 2.05) is 0 Å². The average molecular weight is 443 g/mol. The molecular formula is C22H24ClSiZr-3. The molecule has 2 radical (unpaired) electrons. The first kappa shape index (κ1) is 24.3. The summed E-state index contributed by atoms with van der Waals surface area (Å²) in [7, 11) is 0. The SMILES string of the molecule is Cl.[CH2-]C(C1C=Cc2ccccc21)C1C=Cc2ccccc21.[CH3-].[CH3-].[Si]=[Zr]. The van der Waals surface area contributed by atoms with Gasteiger partial charge in [-0.2, -0.15) is 0 Å². The summed E-state index contributed by atoms with van der Waals surface area (Å²) < 4.78 is 0. The first-order valence-corrected chi connectivity index (χ1v) is 11.7. The van der Waals surface area contributed by atoms with E-state index in [1.54, 1.807) is 0 Å². The van der Waals surface area contributed by atoms with Gasteiger partial charge in [0.15, 0.2) is 0 Å². The van der Waals surface area contributed by atoms with Gasteiger partial charge in [-0.1, -0.05) is 72.8 Å². The van der Waals surface area contributed by atoms with Crippen molar-refractivity contribution in [1.82, 2.24) is 0 Å². The van der Waals surface area contributed by atoms with Gasteiger partial charge in [0, 0.05) is 0 Å². The Morgan fingerprint density at radius 1 is 0.760 bits per heavy atom. The van der Waals surface area contributed by atoms with Crippen LogP contribution in [0.5, 0.6) is 0 Å². The number of allylic oxidation sites excluding steroid dienone is 2. The molecular weight excluding hydrogens is 419 g/mol. The van der Waals surface area contributed by atoms with Crippen molar-refractivity contribution in [2.24, 2.45) is 5.92 Å². The Balaban J connectivity index is 0.00000111. The molecule has 3 heteroatoms. The van der Waals surface area contributed by atoms with Gasteiger partial charge in [-0.3, -0.25) is 0 Å². The second-order valence-electron chi connectivity index (χ2n) is 5.69. The van der Waals surface area contributed by atoms with Crippen LogP contribution in [0.2, 0.25) is 0 Å². The van der Waals surface area contributed by atoms with E-state index >= 15 is 0 Å². The molecule has 0 amide bonds. The van der Waals surface area contributed by atoms with Crippen LogP contribution in [0.1, 0.15) is 34.1 Å². The summed E-state index contributed by atoms with van der Waals surface area (Å²) in [6.45, 7) is 7.56. The van der Waals surface area contributed by atoms with E-state index in [0.29, 0.717) is 17.8 Å². The van der Waals surface area contributed by atoms with Crippen LogP contribution in [0, 0.1) is 27.7 Å². The summed E-state index contributed by atoms with van der Waals surface area (Å²) in [6.07, 6.45) is 9.11. The predicted molar refractivity (Wildman–Crippen MR) is 111 cm³/mol. The van der Waals surface area contributed by atoms with Crippen molar-refractivity contribution in [2.45, 2.75) is 11.8 Å². The number of benzene rings is 2. The van der Waals surface area contributed by atoms with Gasteiger partial charge in [0.05, 0.1) is 0 Å². The normalized spacial score (nSPS) is 19.0. The molecule has 4 rings (SSSR count). The Bertz CT molecular complexity index is 677. The molecule has 130 valence electrons. The number of fused-ring (bicyclic) bond motifs is 2. The van der Waals surface area contributed by atoms with Crippen molar-refractivity contribution in [3.8, 4) is 0 Å². The molecule has 0 bridgehead atoms. The average Bonchev–Trinajstić information content (AvgIpc) is 3.20. The fraction of sp³-hybridized carbons (Fsp3) is 0.136. The van der Waals surface area contributed by atoms with Crippen LogP contribution in [0.15, 0.2) is 60.7 Å². The van der Waals surface area contributed by atoms with Crippen molar-refractivity contribution in [2.75, 3.05) is 0 Å². The second-order valence-corrected chi connectivity index (χ2v) is 5.69. The zero-order valence-corrected chi connectivity index (χ0v) is 19.1. The number of rotatable bonds is 2. The van der Waals surface area contributed by atoms with Crippen molar-refractivity contribution < 1.29 is 23.3 Å². The summed E-state index contributed by atoms with van der Waals surface area (Å²) in [5, 5.41) is 0. The van der Waals surface area contributed by atoms with Gasteiger partial charge in [0.25, 0.3) is 0 Å². The van der Waals surface area contributed by atoms with Gasteiger partial charge >= 0.3 is 30.2 Å². The zero-order chi connectivity index (χ0) is 15.5. The van der Waals surface area contributed by atoms with E-state index in [4.69, 9.17) is 0 Å². The Hall–Kier alpha value is -0.690. The molecule has 2 aliphatic rings. The topological polar surface area (TPSA) is 0 Å². The molecule has 0 fully saturated rings. The molecule has 25 heavy (non-hydrogen) atoms. The summed E-state index contributed by atoms with van der Waals surface area (Å²) in [5.41, 5.74) is 5.54. The molecule has 0 saturated carbocycles. The predicted octanol–water partition coefficient (Wildman–Crippen LogP) is 6.00. The Morgan fingerprint density at radius 2 is 1.12 bits per heavy atom. The molecule has 0 aromatic heterocycles. The van der Waals surface area contributed by atoms with Gasteiger partial charge < -0.3 is 21.8 Å². The molecule has 0 N–H and O–H groups in total. The number of hydrogen-bond acceptors (Lipinski definition) is 0. The summed E-state index contributed by atoms with van der Waals surface area (Å²) in [6, 6.07) is 17.3. The van der Waals surface area contributed by atoms with E-state index in [1.165, 1.54) is 45.6 Å². The minimum absolute atomic E-state index is 0. The van der Waals surface area contributed by atoms with Crippen LogP contribution in [-0.2, 0) is 23.3 Å². The molecule has 2 aromatic carbocycles. The van der Waals surface area contributed by atoms with Crippen LogP contribution >= 0.6 is 12.4 Å². The fourth-order valence-electron chi connectivity index (χ4n) is 3.52. The summed E-state index contributed by atoms with van der Waals surface area (Å²) in [5.74, 6) is 1.19. The minimum atomic E-state index is 0. The molecule has 0 aliphatic heterocycles. The van der Waals surface area contributed by atoms with Gasteiger partial charge in [-0.25, -0.2) is 0 Å². The first-order chi connectivity index (χ1) is 10.8. The van der Waals surface area contributed by atoms with Crippen LogP contribution in [-0.4, -0.2) is 6.88 Å². The zero-order valence-electron chi connectivity index (χ0n) is 14.8. The van der Waals surface area contributed by atoms with Gasteiger partial charge in [0.2, 0.25) is 0 Å². The molecule has 2 aromatic rings. The molecule has 2 atom stereocenters. The summed E-state index contributed by atoms with van der Waals surface area (Å²) >= 11 is 1.36. The Kier molecular flexibility index (Phi) is 10.8. The fourth-order valence-corrected chi connectivity index (χ4v) is 3.52. The molecule has 0 saturated heterocycles. The van der Waals surface area contributed by atoms with Crippen LogP contribution in [0.3, 0.4) is 0 Å². The van der Waals surface area contributed by atoms with E-state index in [2.05, 4.69) is 86.6 Å². The van der Waals surface area contributed by atoms with Crippen molar-refractivity contribution in [3.05, 3.63) is 105 Å². The third-order valence-electron chi connectivity index (χ3n) is 4.60. The number of halogens is 1. The van der Waals surface area contributed by atoms with Crippen molar-refractivity contribution in [3.63, 3.8) is 0 Å². The first-order valence-electron chi connectivity index (χ1n) is 7.47. The van der Waals surface area contributed by atoms with E-state index in [-0.39, 0.29) is 27.3 Å². The van der Waals surface area contributed by atoms with Crippen LogP contribution in [0.4, 0.5) is 0 Å². The third kappa shape index (κ3) is 4.73. The van der Waals surface area contributed by atoms with Crippen molar-refractivity contribution in [1.29, 1.82) is 0 Å². The molecule has 2 aliphatic carbocycles.